The SMILES string of the molecule is O=C(O)CC1CC2CCC(C1)N2Cc1cccc(O)c1. The predicted octanol–water partition coefficient (Wildman–Crippen LogP) is 2.61. The number of fused-ring (bicyclic) bond motifs is 2. The van der Waals surface area contributed by atoms with Gasteiger partial charge in [0.1, 0.15) is 5.75 Å². The van der Waals surface area contributed by atoms with Crippen LogP contribution in [-0.4, -0.2) is 33.2 Å². The fraction of sp³-hybridized carbons (Fsp3) is 0.562. The minimum Gasteiger partial charge on any atom is -0.508 e. The van der Waals surface area contributed by atoms with Gasteiger partial charge in [0, 0.05) is 25.0 Å². The summed E-state index contributed by atoms with van der Waals surface area (Å²) in [6, 6.07) is 8.47. The van der Waals surface area contributed by atoms with Gasteiger partial charge in [0.25, 0.3) is 0 Å². The minimum atomic E-state index is -0.671. The lowest BCUT2D eigenvalue weighted by atomic mass is 9.88. The average molecular weight is 275 g/mol. The van der Waals surface area contributed by atoms with Crippen LogP contribution < -0.4 is 0 Å². The van der Waals surface area contributed by atoms with Gasteiger partial charge in [-0.2, -0.15) is 0 Å². The maximum atomic E-state index is 10.9. The van der Waals surface area contributed by atoms with Crippen LogP contribution in [0.1, 0.15) is 37.7 Å². The Bertz CT molecular complexity index is 488. The first-order valence-corrected chi connectivity index (χ1v) is 7.37. The third kappa shape index (κ3) is 2.80. The third-order valence-corrected chi connectivity index (χ3v) is 4.72. The van der Waals surface area contributed by atoms with Crippen LogP contribution >= 0.6 is 0 Å². The summed E-state index contributed by atoms with van der Waals surface area (Å²) < 4.78 is 0. The maximum absolute atomic E-state index is 10.9. The molecule has 1 aromatic rings. The van der Waals surface area contributed by atoms with Crippen LogP contribution in [-0.2, 0) is 11.3 Å². The summed E-state index contributed by atoms with van der Waals surface area (Å²) in [4.78, 5) is 13.4. The number of carboxylic acid groups (broad SMARTS) is 1. The molecule has 2 N–H and O–H groups in total. The zero-order valence-electron chi connectivity index (χ0n) is 11.5. The second kappa shape index (κ2) is 5.44. The second-order valence-electron chi connectivity index (χ2n) is 6.16. The van der Waals surface area contributed by atoms with Crippen LogP contribution in [0.5, 0.6) is 5.75 Å². The van der Waals surface area contributed by atoms with Crippen LogP contribution in [0.4, 0.5) is 0 Å². The van der Waals surface area contributed by atoms with Gasteiger partial charge in [-0.15, -0.1) is 0 Å². The number of hydrogen-bond acceptors (Lipinski definition) is 3. The zero-order chi connectivity index (χ0) is 14.1. The molecule has 1 aromatic carbocycles. The number of phenols is 1. The van der Waals surface area contributed by atoms with E-state index in [0.717, 1.165) is 24.9 Å². The van der Waals surface area contributed by atoms with E-state index in [2.05, 4.69) is 4.90 Å². The standard InChI is InChI=1S/C16H21NO3/c18-15-3-1-2-11(8-15)10-17-13-4-5-14(17)7-12(6-13)9-16(19)20/h1-3,8,12-14,18H,4-7,9-10H2,(H,19,20). The zero-order valence-corrected chi connectivity index (χ0v) is 11.5. The van der Waals surface area contributed by atoms with Gasteiger partial charge in [0.2, 0.25) is 0 Å². The molecule has 2 aliphatic heterocycles. The van der Waals surface area contributed by atoms with E-state index in [-0.39, 0.29) is 0 Å². The van der Waals surface area contributed by atoms with Gasteiger partial charge in [-0.3, -0.25) is 9.69 Å². The van der Waals surface area contributed by atoms with Crippen molar-refractivity contribution in [3.05, 3.63) is 29.8 Å². The van der Waals surface area contributed by atoms with E-state index in [9.17, 15) is 9.90 Å². The summed E-state index contributed by atoms with van der Waals surface area (Å²) in [5.74, 6) is -0.0168. The predicted molar refractivity (Wildman–Crippen MR) is 75.4 cm³/mol. The number of phenolic OH excluding ortho intramolecular Hbond substituents is 1. The Hall–Kier alpha value is -1.55. The summed E-state index contributed by atoms with van der Waals surface area (Å²) in [6.07, 6.45) is 4.68. The molecule has 0 radical (unpaired) electrons. The monoisotopic (exact) mass is 275 g/mol. The van der Waals surface area contributed by atoms with Crippen molar-refractivity contribution in [2.45, 2.75) is 50.7 Å². The maximum Gasteiger partial charge on any atom is 0.303 e. The van der Waals surface area contributed by atoms with E-state index in [0.29, 0.717) is 30.2 Å². The van der Waals surface area contributed by atoms with E-state index >= 15 is 0 Å². The van der Waals surface area contributed by atoms with Crippen LogP contribution in [0.25, 0.3) is 0 Å². The molecule has 3 rings (SSSR count). The van der Waals surface area contributed by atoms with Gasteiger partial charge in [-0.25, -0.2) is 0 Å². The number of aromatic hydroxyl groups is 1. The Morgan fingerprint density at radius 1 is 1.25 bits per heavy atom. The van der Waals surface area contributed by atoms with E-state index in [1.165, 1.54) is 12.8 Å². The van der Waals surface area contributed by atoms with Gasteiger partial charge in [-0.05, 0) is 49.3 Å². The van der Waals surface area contributed by atoms with E-state index in [1.54, 1.807) is 6.07 Å². The largest absolute Gasteiger partial charge is 0.508 e. The first-order chi connectivity index (χ1) is 9.61. The Balaban J connectivity index is 1.66. The summed E-state index contributed by atoms with van der Waals surface area (Å²) in [5, 5.41) is 18.5. The molecule has 4 nitrogen and oxygen atoms in total. The Labute approximate surface area is 119 Å². The molecule has 2 aliphatic rings. The lowest BCUT2D eigenvalue weighted by molar-refractivity contribution is -0.138. The van der Waals surface area contributed by atoms with E-state index in [4.69, 9.17) is 5.11 Å². The van der Waals surface area contributed by atoms with Crippen LogP contribution in [0, 0.1) is 5.92 Å². The third-order valence-electron chi connectivity index (χ3n) is 4.72. The Kier molecular flexibility index (Phi) is 3.66. The fourth-order valence-electron chi connectivity index (χ4n) is 3.92. The van der Waals surface area contributed by atoms with Crippen molar-refractivity contribution in [1.82, 2.24) is 4.90 Å². The lowest BCUT2D eigenvalue weighted by Gasteiger charge is -2.38. The average Bonchev–Trinajstić information content (AvgIpc) is 2.61. The number of rotatable bonds is 4. The molecule has 4 heteroatoms. The van der Waals surface area contributed by atoms with Crippen LogP contribution in [0.15, 0.2) is 24.3 Å². The van der Waals surface area contributed by atoms with Gasteiger partial charge in [-0.1, -0.05) is 12.1 Å². The number of piperidine rings is 1. The molecule has 108 valence electrons. The Morgan fingerprint density at radius 3 is 2.55 bits per heavy atom. The summed E-state index contributed by atoms with van der Waals surface area (Å²) in [7, 11) is 0. The topological polar surface area (TPSA) is 60.8 Å². The normalized spacial score (nSPS) is 29.5. The highest BCUT2D eigenvalue weighted by atomic mass is 16.4. The van der Waals surface area contributed by atoms with Crippen molar-refractivity contribution in [3.63, 3.8) is 0 Å². The molecular weight excluding hydrogens is 254 g/mol. The summed E-state index contributed by atoms with van der Waals surface area (Å²) in [6.45, 7) is 0.865. The number of nitrogens with zero attached hydrogens (tertiary/aromatic N) is 1. The molecule has 0 spiro atoms. The second-order valence-corrected chi connectivity index (χ2v) is 6.16. The molecule has 0 amide bonds. The van der Waals surface area contributed by atoms with Crippen LogP contribution in [0.2, 0.25) is 0 Å². The molecule has 0 aliphatic carbocycles. The highest BCUT2D eigenvalue weighted by Gasteiger charge is 2.40. The molecule has 2 bridgehead atoms. The molecule has 0 aromatic heterocycles. The van der Waals surface area contributed by atoms with Gasteiger partial charge < -0.3 is 10.2 Å². The van der Waals surface area contributed by atoms with Crippen molar-refractivity contribution in [3.8, 4) is 5.75 Å². The fourth-order valence-corrected chi connectivity index (χ4v) is 3.92. The molecule has 0 saturated carbocycles. The van der Waals surface area contributed by atoms with E-state index < -0.39 is 5.97 Å². The summed E-state index contributed by atoms with van der Waals surface area (Å²) in [5.41, 5.74) is 1.14. The highest BCUT2D eigenvalue weighted by molar-refractivity contribution is 5.67. The van der Waals surface area contributed by atoms with Crippen molar-refractivity contribution >= 4 is 5.97 Å². The van der Waals surface area contributed by atoms with Crippen molar-refractivity contribution in [2.75, 3.05) is 0 Å². The first-order valence-electron chi connectivity index (χ1n) is 7.37. The molecule has 2 unspecified atom stereocenters. The van der Waals surface area contributed by atoms with Crippen LogP contribution in [0.3, 0.4) is 0 Å². The molecular formula is C16H21NO3. The number of hydrogen-bond donors (Lipinski definition) is 2. The number of aliphatic carboxylic acids is 1. The summed E-state index contributed by atoms with van der Waals surface area (Å²) >= 11 is 0. The van der Waals surface area contributed by atoms with Gasteiger partial charge >= 0.3 is 5.97 Å². The molecule has 2 saturated heterocycles. The molecule has 2 atom stereocenters. The lowest BCUT2D eigenvalue weighted by Crippen LogP contribution is -2.42. The molecule has 2 heterocycles. The highest BCUT2D eigenvalue weighted by Crippen LogP contribution is 2.40. The quantitative estimate of drug-likeness (QED) is 0.886. The smallest absolute Gasteiger partial charge is 0.303 e. The molecule has 20 heavy (non-hydrogen) atoms. The van der Waals surface area contributed by atoms with Crippen molar-refractivity contribution < 1.29 is 15.0 Å². The first kappa shape index (κ1) is 13.4. The minimum absolute atomic E-state index is 0.312. The Morgan fingerprint density at radius 2 is 1.95 bits per heavy atom. The van der Waals surface area contributed by atoms with Gasteiger partial charge in [0.05, 0.1) is 0 Å². The number of carbonyl (C=O) groups is 1. The number of benzene rings is 1. The molecule has 2 fully saturated rings. The van der Waals surface area contributed by atoms with Crippen molar-refractivity contribution in [2.24, 2.45) is 5.92 Å². The number of carboxylic acids is 1. The van der Waals surface area contributed by atoms with Crippen molar-refractivity contribution in [1.29, 1.82) is 0 Å². The van der Waals surface area contributed by atoms with E-state index in [1.807, 2.05) is 18.2 Å². The van der Waals surface area contributed by atoms with Gasteiger partial charge in [0.15, 0.2) is 0 Å².